The molecule has 1 atom stereocenters. The minimum atomic E-state index is 0.341. The molecule has 1 aromatic rings. The zero-order valence-electron chi connectivity index (χ0n) is 10.4. The topological polar surface area (TPSA) is 21.3 Å². The summed E-state index contributed by atoms with van der Waals surface area (Å²) in [6, 6.07) is 8.58. The van der Waals surface area contributed by atoms with Crippen LogP contribution in [0, 0.1) is 0 Å². The molecule has 88 valence electrons. The number of rotatable bonds is 6. The monoisotopic (exact) mass is 219 g/mol. The van der Waals surface area contributed by atoms with Gasteiger partial charge in [-0.15, -0.1) is 6.58 Å². The van der Waals surface area contributed by atoms with Gasteiger partial charge in [0.15, 0.2) is 0 Å². The molecule has 0 aliphatic heterocycles. The fourth-order valence-corrected chi connectivity index (χ4v) is 1.70. The average Bonchev–Trinajstić information content (AvgIpc) is 2.27. The molecule has 2 heteroatoms. The summed E-state index contributed by atoms with van der Waals surface area (Å²) in [6.07, 6.45) is 0.963. The summed E-state index contributed by atoms with van der Waals surface area (Å²) in [6.45, 7) is 8.71. The highest BCUT2D eigenvalue weighted by molar-refractivity contribution is 5.29. The Hall–Kier alpha value is -1.28. The van der Waals surface area contributed by atoms with Crippen molar-refractivity contribution in [2.45, 2.75) is 26.3 Å². The van der Waals surface area contributed by atoms with Crippen molar-refractivity contribution < 1.29 is 4.74 Å². The van der Waals surface area contributed by atoms with Gasteiger partial charge in [0.1, 0.15) is 5.75 Å². The third-order valence-electron chi connectivity index (χ3n) is 2.49. The van der Waals surface area contributed by atoms with Gasteiger partial charge in [0.05, 0.1) is 6.61 Å². The lowest BCUT2D eigenvalue weighted by Gasteiger charge is -2.17. The summed E-state index contributed by atoms with van der Waals surface area (Å²) in [5, 5.41) is 3.30. The minimum Gasteiger partial charge on any atom is -0.494 e. The van der Waals surface area contributed by atoms with Gasteiger partial charge in [0, 0.05) is 6.04 Å². The molecule has 1 unspecified atom stereocenters. The highest BCUT2D eigenvalue weighted by Crippen LogP contribution is 2.22. The fourth-order valence-electron chi connectivity index (χ4n) is 1.70. The molecule has 0 saturated carbocycles. The highest BCUT2D eigenvalue weighted by Gasteiger charge is 2.08. The summed E-state index contributed by atoms with van der Waals surface area (Å²) in [4.78, 5) is 0. The van der Waals surface area contributed by atoms with Gasteiger partial charge in [-0.1, -0.05) is 17.7 Å². The van der Waals surface area contributed by atoms with E-state index in [1.165, 1.54) is 11.1 Å². The Bertz CT molecular complexity index is 329. The van der Waals surface area contributed by atoms with Crippen molar-refractivity contribution in [1.82, 2.24) is 5.32 Å². The lowest BCUT2D eigenvalue weighted by molar-refractivity contribution is 0.340. The molecule has 0 aromatic heterocycles. The molecule has 0 radical (unpaired) electrons. The molecule has 0 bridgehead atoms. The van der Waals surface area contributed by atoms with Gasteiger partial charge >= 0.3 is 0 Å². The predicted molar refractivity (Wildman–Crippen MR) is 68.8 cm³/mol. The quantitative estimate of drug-likeness (QED) is 0.741. The second-order valence-electron chi connectivity index (χ2n) is 4.00. The van der Waals surface area contributed by atoms with Crippen LogP contribution in [-0.2, 0) is 0 Å². The van der Waals surface area contributed by atoms with Crippen LogP contribution >= 0.6 is 0 Å². The number of ether oxygens (including phenoxy) is 1. The van der Waals surface area contributed by atoms with Crippen molar-refractivity contribution in [1.29, 1.82) is 0 Å². The van der Waals surface area contributed by atoms with Crippen molar-refractivity contribution in [3.05, 3.63) is 42.0 Å². The standard InChI is InChI=1S/C14H21NO/c1-5-16-13-8-6-12(7-9-13)14(15-4)10-11(2)3/h6-9,14-15H,2,5,10H2,1,3-4H3. The van der Waals surface area contributed by atoms with Gasteiger partial charge in [-0.3, -0.25) is 0 Å². The van der Waals surface area contributed by atoms with Gasteiger partial charge in [0.2, 0.25) is 0 Å². The highest BCUT2D eigenvalue weighted by atomic mass is 16.5. The Morgan fingerprint density at radius 1 is 1.38 bits per heavy atom. The summed E-state index contributed by atoms with van der Waals surface area (Å²) >= 11 is 0. The first-order chi connectivity index (χ1) is 7.67. The summed E-state index contributed by atoms with van der Waals surface area (Å²) < 4.78 is 5.42. The Balaban J connectivity index is 2.73. The van der Waals surface area contributed by atoms with Crippen LogP contribution in [0.5, 0.6) is 5.75 Å². The fraction of sp³-hybridized carbons (Fsp3) is 0.429. The molecule has 0 spiro atoms. The van der Waals surface area contributed by atoms with Gasteiger partial charge in [-0.2, -0.15) is 0 Å². The first kappa shape index (κ1) is 12.8. The number of hydrogen-bond donors (Lipinski definition) is 1. The van der Waals surface area contributed by atoms with Crippen LogP contribution in [-0.4, -0.2) is 13.7 Å². The minimum absolute atomic E-state index is 0.341. The largest absolute Gasteiger partial charge is 0.494 e. The SMILES string of the molecule is C=C(C)CC(NC)c1ccc(OCC)cc1. The zero-order valence-corrected chi connectivity index (χ0v) is 10.4. The summed E-state index contributed by atoms with van der Waals surface area (Å²) in [5.41, 5.74) is 2.46. The van der Waals surface area contributed by atoms with Crippen LogP contribution < -0.4 is 10.1 Å². The van der Waals surface area contributed by atoms with Crippen LogP contribution in [0.25, 0.3) is 0 Å². The van der Waals surface area contributed by atoms with E-state index in [9.17, 15) is 0 Å². The second kappa shape index (κ2) is 6.33. The van der Waals surface area contributed by atoms with E-state index in [0.29, 0.717) is 12.6 Å². The molecule has 1 aromatic carbocycles. The van der Waals surface area contributed by atoms with Crippen LogP contribution in [0.3, 0.4) is 0 Å². The van der Waals surface area contributed by atoms with E-state index in [1.807, 2.05) is 26.1 Å². The zero-order chi connectivity index (χ0) is 12.0. The maximum Gasteiger partial charge on any atom is 0.119 e. The molecular weight excluding hydrogens is 198 g/mol. The van der Waals surface area contributed by atoms with E-state index in [0.717, 1.165) is 12.2 Å². The van der Waals surface area contributed by atoms with E-state index in [4.69, 9.17) is 4.74 Å². The maximum absolute atomic E-state index is 5.42. The first-order valence-electron chi connectivity index (χ1n) is 5.71. The van der Waals surface area contributed by atoms with Crippen LogP contribution in [0.2, 0.25) is 0 Å². The lowest BCUT2D eigenvalue weighted by atomic mass is 10.0. The van der Waals surface area contributed by atoms with Gasteiger partial charge in [0.25, 0.3) is 0 Å². The third-order valence-corrected chi connectivity index (χ3v) is 2.49. The lowest BCUT2D eigenvalue weighted by Crippen LogP contribution is -2.16. The van der Waals surface area contributed by atoms with Crippen molar-refractivity contribution in [2.75, 3.05) is 13.7 Å². The summed E-state index contributed by atoms with van der Waals surface area (Å²) in [5.74, 6) is 0.927. The molecule has 0 fully saturated rings. The first-order valence-corrected chi connectivity index (χ1v) is 5.71. The van der Waals surface area contributed by atoms with E-state index < -0.39 is 0 Å². The molecule has 0 amide bonds. The molecule has 1 rings (SSSR count). The number of benzene rings is 1. The van der Waals surface area contributed by atoms with E-state index >= 15 is 0 Å². The predicted octanol–water partition coefficient (Wildman–Crippen LogP) is 3.31. The molecule has 2 nitrogen and oxygen atoms in total. The smallest absolute Gasteiger partial charge is 0.119 e. The number of hydrogen-bond acceptors (Lipinski definition) is 2. The average molecular weight is 219 g/mol. The molecular formula is C14H21NO. The van der Waals surface area contributed by atoms with Crippen molar-refractivity contribution in [2.24, 2.45) is 0 Å². The van der Waals surface area contributed by atoms with Crippen LogP contribution in [0.1, 0.15) is 31.9 Å². The molecule has 0 saturated heterocycles. The second-order valence-corrected chi connectivity index (χ2v) is 4.00. The summed E-state index contributed by atoms with van der Waals surface area (Å²) in [7, 11) is 1.98. The Morgan fingerprint density at radius 2 is 2.00 bits per heavy atom. The van der Waals surface area contributed by atoms with Gasteiger partial charge in [-0.25, -0.2) is 0 Å². The van der Waals surface area contributed by atoms with Crippen molar-refractivity contribution in [3.63, 3.8) is 0 Å². The Morgan fingerprint density at radius 3 is 2.44 bits per heavy atom. The third kappa shape index (κ3) is 3.70. The molecule has 0 heterocycles. The maximum atomic E-state index is 5.42. The van der Waals surface area contributed by atoms with Gasteiger partial charge < -0.3 is 10.1 Å². The molecule has 1 N–H and O–H groups in total. The van der Waals surface area contributed by atoms with Gasteiger partial charge in [-0.05, 0) is 45.0 Å². The van der Waals surface area contributed by atoms with E-state index in [-0.39, 0.29) is 0 Å². The van der Waals surface area contributed by atoms with Crippen molar-refractivity contribution in [3.8, 4) is 5.75 Å². The van der Waals surface area contributed by atoms with Crippen molar-refractivity contribution >= 4 is 0 Å². The number of nitrogens with one attached hydrogen (secondary N) is 1. The Kier molecular flexibility index (Phi) is 5.06. The van der Waals surface area contributed by atoms with E-state index in [2.05, 4.69) is 31.0 Å². The molecule has 16 heavy (non-hydrogen) atoms. The molecule has 0 aliphatic rings. The Labute approximate surface area is 98.3 Å². The normalized spacial score (nSPS) is 12.2. The molecule has 0 aliphatic carbocycles. The van der Waals surface area contributed by atoms with Crippen LogP contribution in [0.4, 0.5) is 0 Å². The van der Waals surface area contributed by atoms with Crippen LogP contribution in [0.15, 0.2) is 36.4 Å². The van der Waals surface area contributed by atoms with E-state index in [1.54, 1.807) is 0 Å².